The molecule has 0 bridgehead atoms. The molecule has 1 N–H and O–H groups in total. The lowest BCUT2D eigenvalue weighted by atomic mass is 10.0. The van der Waals surface area contributed by atoms with Crippen molar-refractivity contribution in [3.05, 3.63) is 78.2 Å². The molecule has 4 heterocycles. The lowest BCUT2D eigenvalue weighted by Gasteiger charge is -2.33. The molecule has 37 heavy (non-hydrogen) atoms. The van der Waals surface area contributed by atoms with E-state index in [0.717, 1.165) is 46.2 Å². The smallest absolute Gasteiger partial charge is 0.231 e. The summed E-state index contributed by atoms with van der Waals surface area (Å²) in [6, 6.07) is 18.7. The van der Waals surface area contributed by atoms with Gasteiger partial charge < -0.3 is 23.9 Å². The number of piperidine rings is 1. The lowest BCUT2D eigenvalue weighted by molar-refractivity contribution is -0.131. The zero-order valence-corrected chi connectivity index (χ0v) is 20.1. The van der Waals surface area contributed by atoms with Gasteiger partial charge >= 0.3 is 0 Å². The molecular formula is C29H25FN4O3. The molecule has 7 nitrogen and oxygen atoms in total. The Morgan fingerprint density at radius 3 is 2.76 bits per heavy atom. The number of hydrogen-bond acceptors (Lipinski definition) is 4. The highest BCUT2D eigenvalue weighted by molar-refractivity contribution is 5.89. The number of likely N-dealkylation sites (tertiary alicyclic amines) is 1. The van der Waals surface area contributed by atoms with Crippen molar-refractivity contribution in [2.45, 2.75) is 25.3 Å². The summed E-state index contributed by atoms with van der Waals surface area (Å²) in [6.45, 7) is 1.52. The summed E-state index contributed by atoms with van der Waals surface area (Å²) in [6.07, 6.45) is 3.90. The van der Waals surface area contributed by atoms with Gasteiger partial charge in [0.2, 0.25) is 12.7 Å². The van der Waals surface area contributed by atoms with Gasteiger partial charge in [-0.15, -0.1) is 0 Å². The third kappa shape index (κ3) is 3.80. The Morgan fingerprint density at radius 2 is 1.86 bits per heavy atom. The first-order chi connectivity index (χ1) is 18.1. The van der Waals surface area contributed by atoms with E-state index in [1.165, 1.54) is 12.1 Å². The van der Waals surface area contributed by atoms with Gasteiger partial charge in [-0.25, -0.2) is 9.37 Å². The summed E-state index contributed by atoms with van der Waals surface area (Å²) < 4.78 is 27.3. The van der Waals surface area contributed by atoms with Crippen molar-refractivity contribution >= 4 is 27.8 Å². The van der Waals surface area contributed by atoms with Crippen molar-refractivity contribution in [2.75, 3.05) is 19.9 Å². The van der Waals surface area contributed by atoms with Crippen molar-refractivity contribution in [3.63, 3.8) is 0 Å². The van der Waals surface area contributed by atoms with E-state index in [9.17, 15) is 9.18 Å². The molecule has 5 aromatic rings. The van der Waals surface area contributed by atoms with Gasteiger partial charge in [0.05, 0.1) is 17.5 Å². The number of carbonyl (C=O) groups is 1. The molecule has 0 unspecified atom stereocenters. The van der Waals surface area contributed by atoms with Gasteiger partial charge in [0, 0.05) is 47.9 Å². The maximum atomic E-state index is 14.1. The minimum atomic E-state index is -0.313. The van der Waals surface area contributed by atoms with Crippen LogP contribution in [0.15, 0.2) is 66.9 Å². The molecule has 0 atom stereocenters. The Kier molecular flexibility index (Phi) is 5.13. The number of carbonyl (C=O) groups excluding carboxylic acids is 1. The van der Waals surface area contributed by atoms with Crippen molar-refractivity contribution in [1.82, 2.24) is 19.4 Å². The molecule has 0 aliphatic carbocycles. The van der Waals surface area contributed by atoms with Crippen LogP contribution in [0.1, 0.15) is 24.4 Å². The summed E-state index contributed by atoms with van der Waals surface area (Å²) in [5.41, 5.74) is 4.46. The van der Waals surface area contributed by atoms with Gasteiger partial charge in [-0.1, -0.05) is 18.2 Å². The van der Waals surface area contributed by atoms with E-state index < -0.39 is 0 Å². The molecule has 2 aliphatic rings. The standard InChI is InChI=1S/C29H25FN4O3/c30-20-6-7-25-24(15-20)32-29(18-5-8-26-27(13-18)37-17-36-26)34(25)21-9-11-33(12-10-21)28(35)14-19-16-31-23-4-2-1-3-22(19)23/h1-8,13,15-16,21,31H,9-12,14,17H2. The van der Waals surface area contributed by atoms with Crippen LogP contribution < -0.4 is 9.47 Å². The minimum Gasteiger partial charge on any atom is -0.454 e. The van der Waals surface area contributed by atoms with Crippen LogP contribution in [0.5, 0.6) is 11.5 Å². The van der Waals surface area contributed by atoms with E-state index in [1.54, 1.807) is 6.07 Å². The van der Waals surface area contributed by atoms with Crippen LogP contribution in [0.4, 0.5) is 4.39 Å². The fraction of sp³-hybridized carbons (Fsp3) is 0.241. The van der Waals surface area contributed by atoms with Gasteiger partial charge in [0.25, 0.3) is 0 Å². The highest BCUT2D eigenvalue weighted by atomic mass is 19.1. The number of imidazole rings is 1. The zero-order valence-electron chi connectivity index (χ0n) is 20.1. The number of fused-ring (bicyclic) bond motifs is 3. The fourth-order valence-electron chi connectivity index (χ4n) is 5.61. The number of H-pyrrole nitrogens is 1. The summed E-state index contributed by atoms with van der Waals surface area (Å²) in [5, 5.41) is 1.09. The number of halogens is 1. The van der Waals surface area contributed by atoms with Crippen LogP contribution in [0, 0.1) is 5.82 Å². The number of aromatic amines is 1. The Hall–Kier alpha value is -4.33. The van der Waals surface area contributed by atoms with Gasteiger partial charge in [0.1, 0.15) is 11.6 Å². The molecular weight excluding hydrogens is 471 g/mol. The Labute approximate surface area is 212 Å². The number of ether oxygens (including phenoxy) is 2. The SMILES string of the molecule is O=C(Cc1c[nH]c2ccccc12)N1CCC(n2c(-c3ccc4c(c3)OCO4)nc3cc(F)ccc32)CC1. The number of rotatable bonds is 4. The average Bonchev–Trinajstić information content (AvgIpc) is 3.65. The number of nitrogens with one attached hydrogen (secondary N) is 1. The molecule has 186 valence electrons. The summed E-state index contributed by atoms with van der Waals surface area (Å²) >= 11 is 0. The van der Waals surface area contributed by atoms with E-state index in [0.29, 0.717) is 36.5 Å². The molecule has 8 heteroatoms. The Morgan fingerprint density at radius 1 is 1.03 bits per heavy atom. The summed E-state index contributed by atoms with van der Waals surface area (Å²) in [4.78, 5) is 23.2. The second-order valence-corrected chi connectivity index (χ2v) is 9.65. The summed E-state index contributed by atoms with van der Waals surface area (Å²) in [5.74, 6) is 1.98. The minimum absolute atomic E-state index is 0.132. The molecule has 3 aromatic carbocycles. The number of aromatic nitrogens is 3. The average molecular weight is 497 g/mol. The maximum Gasteiger partial charge on any atom is 0.231 e. The highest BCUT2D eigenvalue weighted by Crippen LogP contribution is 2.39. The van der Waals surface area contributed by atoms with E-state index in [4.69, 9.17) is 14.5 Å². The number of benzene rings is 3. The van der Waals surface area contributed by atoms with Gasteiger partial charge in [-0.2, -0.15) is 0 Å². The zero-order chi connectivity index (χ0) is 24.9. The largest absolute Gasteiger partial charge is 0.454 e. The van der Waals surface area contributed by atoms with Gasteiger partial charge in [0.15, 0.2) is 11.5 Å². The molecule has 7 rings (SSSR count). The maximum absolute atomic E-state index is 14.1. The van der Waals surface area contributed by atoms with Crippen LogP contribution in [-0.2, 0) is 11.2 Å². The number of amides is 1. The second-order valence-electron chi connectivity index (χ2n) is 9.65. The van der Waals surface area contributed by atoms with E-state index >= 15 is 0 Å². The van der Waals surface area contributed by atoms with E-state index in [1.807, 2.05) is 53.6 Å². The van der Waals surface area contributed by atoms with Crippen LogP contribution >= 0.6 is 0 Å². The van der Waals surface area contributed by atoms with Gasteiger partial charge in [-0.3, -0.25) is 4.79 Å². The molecule has 1 fully saturated rings. The first kappa shape index (κ1) is 21.9. The third-order valence-corrected chi connectivity index (χ3v) is 7.48. The fourth-order valence-corrected chi connectivity index (χ4v) is 5.61. The van der Waals surface area contributed by atoms with E-state index in [-0.39, 0.29) is 24.6 Å². The number of nitrogens with zero attached hydrogens (tertiary/aromatic N) is 3. The van der Waals surface area contributed by atoms with Crippen LogP contribution in [0.2, 0.25) is 0 Å². The van der Waals surface area contributed by atoms with Crippen LogP contribution in [0.3, 0.4) is 0 Å². The molecule has 1 amide bonds. The lowest BCUT2D eigenvalue weighted by Crippen LogP contribution is -2.39. The number of para-hydroxylation sites is 1. The normalized spacial score (nSPS) is 15.6. The van der Waals surface area contributed by atoms with Crippen molar-refractivity contribution in [3.8, 4) is 22.9 Å². The molecule has 2 aliphatic heterocycles. The molecule has 0 saturated carbocycles. The van der Waals surface area contributed by atoms with Crippen molar-refractivity contribution in [2.24, 2.45) is 0 Å². The van der Waals surface area contributed by atoms with E-state index in [2.05, 4.69) is 9.55 Å². The highest BCUT2D eigenvalue weighted by Gasteiger charge is 2.28. The van der Waals surface area contributed by atoms with Gasteiger partial charge in [-0.05, 0) is 54.8 Å². The molecule has 0 radical (unpaired) electrons. The predicted octanol–water partition coefficient (Wildman–Crippen LogP) is 5.46. The first-order valence-corrected chi connectivity index (χ1v) is 12.5. The quantitative estimate of drug-likeness (QED) is 0.359. The monoisotopic (exact) mass is 496 g/mol. The molecule has 2 aromatic heterocycles. The number of hydrogen-bond donors (Lipinski definition) is 1. The Bertz CT molecular complexity index is 1650. The van der Waals surface area contributed by atoms with Crippen molar-refractivity contribution < 1.29 is 18.7 Å². The van der Waals surface area contributed by atoms with Crippen LogP contribution in [-0.4, -0.2) is 45.2 Å². The third-order valence-electron chi connectivity index (χ3n) is 7.48. The Balaban J connectivity index is 1.15. The van der Waals surface area contributed by atoms with Crippen molar-refractivity contribution in [1.29, 1.82) is 0 Å². The second kappa shape index (κ2) is 8.65. The summed E-state index contributed by atoms with van der Waals surface area (Å²) in [7, 11) is 0. The molecule has 1 saturated heterocycles. The molecule has 0 spiro atoms. The predicted molar refractivity (Wildman–Crippen MR) is 138 cm³/mol. The first-order valence-electron chi connectivity index (χ1n) is 12.5. The van der Waals surface area contributed by atoms with Crippen LogP contribution in [0.25, 0.3) is 33.3 Å². The topological polar surface area (TPSA) is 72.4 Å².